The first-order valence-corrected chi connectivity index (χ1v) is 11.8. The molecule has 5 rings (SSSR count). The van der Waals surface area contributed by atoms with Gasteiger partial charge in [-0.05, 0) is 47.9 Å². The van der Waals surface area contributed by atoms with Crippen molar-refractivity contribution in [2.45, 2.75) is 20.1 Å². The number of imidazole rings is 1. The molecule has 0 bridgehead atoms. The quantitative estimate of drug-likeness (QED) is 0.252. The molecule has 5 aromatic rings. The van der Waals surface area contributed by atoms with Crippen molar-refractivity contribution in [2.75, 3.05) is 5.43 Å². The van der Waals surface area contributed by atoms with Gasteiger partial charge in [0.05, 0.1) is 12.8 Å². The zero-order valence-electron chi connectivity index (χ0n) is 20.5. The summed E-state index contributed by atoms with van der Waals surface area (Å²) in [7, 11) is 1.57. The van der Waals surface area contributed by atoms with Crippen molar-refractivity contribution in [1.29, 1.82) is 0 Å². The largest absolute Gasteiger partial charge is 0.489 e. The van der Waals surface area contributed by atoms with Gasteiger partial charge in [0, 0.05) is 7.05 Å². The van der Waals surface area contributed by atoms with Crippen molar-refractivity contribution in [2.24, 2.45) is 12.1 Å². The highest BCUT2D eigenvalue weighted by Gasteiger charge is 2.17. The molecule has 0 aliphatic heterocycles. The molecule has 0 aliphatic rings. The van der Waals surface area contributed by atoms with Crippen molar-refractivity contribution in [3.8, 4) is 5.75 Å². The number of hydrazone groups is 1. The van der Waals surface area contributed by atoms with Gasteiger partial charge in [-0.2, -0.15) is 10.1 Å². The van der Waals surface area contributed by atoms with E-state index in [-0.39, 0.29) is 5.65 Å². The lowest BCUT2D eigenvalue weighted by molar-refractivity contribution is 0.306. The third-order valence-corrected chi connectivity index (χ3v) is 5.97. The molecule has 2 N–H and O–H groups in total. The molecule has 0 atom stereocenters. The highest BCUT2D eigenvalue weighted by Crippen LogP contribution is 2.18. The summed E-state index contributed by atoms with van der Waals surface area (Å²) in [6.45, 7) is 2.89. The number of nitrogens with one attached hydrogen (secondary N) is 2. The third kappa shape index (κ3) is 5.35. The van der Waals surface area contributed by atoms with E-state index in [0.717, 1.165) is 28.0 Å². The monoisotopic (exact) mass is 494 g/mol. The second-order valence-electron chi connectivity index (χ2n) is 8.71. The minimum atomic E-state index is -0.526. The molecule has 0 saturated heterocycles. The number of anilines is 1. The Bertz CT molecular complexity index is 1660. The normalized spacial score (nSPS) is 11.3. The Labute approximate surface area is 212 Å². The van der Waals surface area contributed by atoms with Gasteiger partial charge in [0.15, 0.2) is 11.2 Å². The van der Waals surface area contributed by atoms with Crippen LogP contribution in [0.15, 0.2) is 93.6 Å². The number of H-pyrrole nitrogens is 1. The van der Waals surface area contributed by atoms with E-state index in [0.29, 0.717) is 24.6 Å². The van der Waals surface area contributed by atoms with Crippen LogP contribution in [0, 0.1) is 6.92 Å². The number of benzene rings is 3. The van der Waals surface area contributed by atoms with Crippen LogP contribution in [0.25, 0.3) is 11.2 Å². The maximum absolute atomic E-state index is 12.7. The topological polar surface area (TPSA) is 106 Å². The van der Waals surface area contributed by atoms with Crippen LogP contribution in [0.3, 0.4) is 0 Å². The number of aromatic nitrogens is 4. The lowest BCUT2D eigenvalue weighted by Crippen LogP contribution is -2.29. The van der Waals surface area contributed by atoms with Crippen LogP contribution in [0.1, 0.15) is 22.3 Å². The van der Waals surface area contributed by atoms with Gasteiger partial charge in [-0.15, -0.1) is 0 Å². The molecule has 0 amide bonds. The van der Waals surface area contributed by atoms with Gasteiger partial charge < -0.3 is 4.74 Å². The molecule has 0 unspecified atom stereocenters. The SMILES string of the molecule is Cc1ccc(Cn2c(NN=Cc3ccc(OCc4ccccc4)cc3)nc3c2c(=O)[nH]c(=O)n3C)cc1. The first-order valence-electron chi connectivity index (χ1n) is 11.8. The fraction of sp³-hybridized carbons (Fsp3) is 0.143. The number of aromatic amines is 1. The van der Waals surface area contributed by atoms with E-state index in [9.17, 15) is 9.59 Å². The van der Waals surface area contributed by atoms with Crippen molar-refractivity contribution in [1.82, 2.24) is 19.1 Å². The van der Waals surface area contributed by atoms with Gasteiger partial charge in [0.1, 0.15) is 12.4 Å². The standard InChI is InChI=1S/C28H26N6O3/c1-19-8-10-21(11-9-19)17-34-24-25(33(2)28(36)31-26(24)35)30-27(34)32-29-16-20-12-14-23(15-13-20)37-18-22-6-4-3-5-7-22/h3-16H,17-18H2,1-2H3,(H,30,32)(H,31,35,36). The van der Waals surface area contributed by atoms with E-state index in [1.807, 2.05) is 85.8 Å². The number of rotatable bonds is 8. The average molecular weight is 495 g/mol. The van der Waals surface area contributed by atoms with Crippen LogP contribution in [0.5, 0.6) is 5.75 Å². The highest BCUT2D eigenvalue weighted by molar-refractivity contribution is 5.80. The second kappa shape index (κ2) is 10.4. The Morgan fingerprint density at radius 3 is 2.43 bits per heavy atom. The van der Waals surface area contributed by atoms with E-state index in [2.05, 4.69) is 20.5 Å². The second-order valence-corrected chi connectivity index (χ2v) is 8.71. The van der Waals surface area contributed by atoms with Crippen LogP contribution >= 0.6 is 0 Å². The Balaban J connectivity index is 1.36. The van der Waals surface area contributed by atoms with Gasteiger partial charge in [-0.3, -0.25) is 18.9 Å². The van der Waals surface area contributed by atoms with Crippen LogP contribution < -0.4 is 21.4 Å². The fourth-order valence-electron chi connectivity index (χ4n) is 3.91. The minimum Gasteiger partial charge on any atom is -0.489 e. The van der Waals surface area contributed by atoms with Crippen LogP contribution in [-0.2, 0) is 20.2 Å². The maximum Gasteiger partial charge on any atom is 0.329 e. The summed E-state index contributed by atoms with van der Waals surface area (Å²) in [6.07, 6.45) is 1.65. The summed E-state index contributed by atoms with van der Waals surface area (Å²) < 4.78 is 8.86. The molecule has 0 saturated carbocycles. The molecular formula is C28H26N6O3. The van der Waals surface area contributed by atoms with Crippen LogP contribution in [0.2, 0.25) is 0 Å². The molecule has 0 aliphatic carbocycles. The van der Waals surface area contributed by atoms with Crippen LogP contribution in [0.4, 0.5) is 5.95 Å². The maximum atomic E-state index is 12.7. The number of nitrogens with zero attached hydrogens (tertiary/aromatic N) is 4. The van der Waals surface area contributed by atoms with Gasteiger partial charge in [0.2, 0.25) is 5.95 Å². The van der Waals surface area contributed by atoms with E-state index in [1.54, 1.807) is 17.8 Å². The van der Waals surface area contributed by atoms with Crippen LogP contribution in [-0.4, -0.2) is 25.3 Å². The fourth-order valence-corrected chi connectivity index (χ4v) is 3.91. The van der Waals surface area contributed by atoms with Gasteiger partial charge in [0.25, 0.3) is 5.56 Å². The molecule has 9 nitrogen and oxygen atoms in total. The smallest absolute Gasteiger partial charge is 0.329 e. The lowest BCUT2D eigenvalue weighted by Gasteiger charge is -2.09. The Hall–Kier alpha value is -4.92. The molecule has 0 radical (unpaired) electrons. The Morgan fingerprint density at radius 2 is 1.70 bits per heavy atom. The first-order chi connectivity index (χ1) is 18.0. The molecule has 3 aromatic carbocycles. The van der Waals surface area contributed by atoms with Gasteiger partial charge in [-0.25, -0.2) is 10.2 Å². The Kier molecular flexibility index (Phi) is 6.67. The molecular weight excluding hydrogens is 468 g/mol. The molecule has 2 heterocycles. The zero-order chi connectivity index (χ0) is 25.8. The van der Waals surface area contributed by atoms with E-state index >= 15 is 0 Å². The van der Waals surface area contributed by atoms with Gasteiger partial charge in [-0.1, -0.05) is 60.2 Å². The number of fused-ring (bicyclic) bond motifs is 1. The molecule has 0 fully saturated rings. The Morgan fingerprint density at radius 1 is 0.973 bits per heavy atom. The molecule has 37 heavy (non-hydrogen) atoms. The number of ether oxygens (including phenoxy) is 1. The third-order valence-electron chi connectivity index (χ3n) is 5.97. The molecule has 186 valence electrons. The zero-order valence-corrected chi connectivity index (χ0v) is 20.5. The molecule has 0 spiro atoms. The summed E-state index contributed by atoms with van der Waals surface area (Å²) in [5.41, 5.74) is 6.56. The van der Waals surface area contributed by atoms with Crippen molar-refractivity contribution in [3.63, 3.8) is 0 Å². The minimum absolute atomic E-state index is 0.276. The number of hydrogen-bond acceptors (Lipinski definition) is 6. The van der Waals surface area contributed by atoms with Gasteiger partial charge >= 0.3 is 5.69 Å². The predicted molar refractivity (Wildman–Crippen MR) is 144 cm³/mol. The summed E-state index contributed by atoms with van der Waals surface area (Å²) in [4.78, 5) is 31.7. The van der Waals surface area contributed by atoms with E-state index in [1.165, 1.54) is 4.57 Å². The van der Waals surface area contributed by atoms with Crippen molar-refractivity contribution < 1.29 is 4.74 Å². The van der Waals surface area contributed by atoms with E-state index < -0.39 is 11.2 Å². The number of aryl methyl sites for hydroxylation is 2. The number of hydrogen-bond donors (Lipinski definition) is 2. The molecule has 2 aromatic heterocycles. The average Bonchev–Trinajstić information content (AvgIpc) is 3.27. The molecule has 9 heteroatoms. The summed E-state index contributed by atoms with van der Waals surface area (Å²) in [6, 6.07) is 25.5. The predicted octanol–water partition coefficient (Wildman–Crippen LogP) is 3.81. The summed E-state index contributed by atoms with van der Waals surface area (Å²) in [5, 5.41) is 4.33. The van der Waals surface area contributed by atoms with Crippen molar-refractivity contribution in [3.05, 3.63) is 122 Å². The lowest BCUT2D eigenvalue weighted by atomic mass is 10.1. The highest BCUT2D eigenvalue weighted by atomic mass is 16.5. The van der Waals surface area contributed by atoms with E-state index in [4.69, 9.17) is 4.74 Å². The summed E-state index contributed by atoms with van der Waals surface area (Å²) >= 11 is 0. The summed E-state index contributed by atoms with van der Waals surface area (Å²) in [5.74, 6) is 1.11. The first kappa shape index (κ1) is 23.8. The van der Waals surface area contributed by atoms with Crippen molar-refractivity contribution >= 4 is 23.3 Å².